The van der Waals surface area contributed by atoms with Crippen molar-refractivity contribution in [2.75, 3.05) is 6.54 Å². The molecular formula is C7H16NO2S-. The Morgan fingerprint density at radius 2 is 1.82 bits per heavy atom. The summed E-state index contributed by atoms with van der Waals surface area (Å²) < 4.78 is 22.7. The summed E-state index contributed by atoms with van der Waals surface area (Å²) >= 11 is -2.05. The van der Waals surface area contributed by atoms with Gasteiger partial charge in [-0.05, 0) is 12.8 Å². The van der Waals surface area contributed by atoms with E-state index in [-0.39, 0.29) is 6.04 Å². The van der Waals surface area contributed by atoms with Gasteiger partial charge in [-0.15, -0.1) is 0 Å². The zero-order chi connectivity index (χ0) is 8.85. The maximum Gasteiger partial charge on any atom is 0.0211 e. The molecule has 1 unspecified atom stereocenters. The minimum absolute atomic E-state index is 0.179. The smallest absolute Gasteiger partial charge is 0.0211 e. The van der Waals surface area contributed by atoms with Crippen LogP contribution in [-0.2, 0) is 11.3 Å². The van der Waals surface area contributed by atoms with Gasteiger partial charge in [0.2, 0.25) is 0 Å². The predicted molar refractivity (Wildman–Crippen MR) is 45.7 cm³/mol. The molecule has 0 aromatic heterocycles. The Bertz CT molecular complexity index is 126. The average Bonchev–Trinajstić information content (AvgIpc) is 1.99. The van der Waals surface area contributed by atoms with Crippen molar-refractivity contribution in [1.82, 2.24) is 4.31 Å². The van der Waals surface area contributed by atoms with Crippen molar-refractivity contribution in [2.45, 2.75) is 39.7 Å². The lowest BCUT2D eigenvalue weighted by Crippen LogP contribution is -2.35. The topological polar surface area (TPSA) is 43.4 Å². The number of hydrogen-bond acceptors (Lipinski definition) is 2. The van der Waals surface area contributed by atoms with Crippen LogP contribution in [0.5, 0.6) is 0 Å². The fraction of sp³-hybridized carbons (Fsp3) is 1.00. The highest BCUT2D eigenvalue weighted by molar-refractivity contribution is 7.76. The Balaban J connectivity index is 4.09. The van der Waals surface area contributed by atoms with Crippen molar-refractivity contribution >= 4 is 11.3 Å². The van der Waals surface area contributed by atoms with E-state index in [1.54, 1.807) is 0 Å². The molecule has 0 amide bonds. The van der Waals surface area contributed by atoms with Crippen LogP contribution in [0.2, 0.25) is 0 Å². The fourth-order valence-corrected chi connectivity index (χ4v) is 1.93. The second-order valence-electron chi connectivity index (χ2n) is 2.42. The molecule has 0 bridgehead atoms. The predicted octanol–water partition coefficient (Wildman–Crippen LogP) is 1.29. The van der Waals surface area contributed by atoms with E-state index in [9.17, 15) is 8.76 Å². The highest BCUT2D eigenvalue weighted by Gasteiger charge is 2.12. The van der Waals surface area contributed by atoms with Gasteiger partial charge in [-0.25, -0.2) is 4.31 Å². The van der Waals surface area contributed by atoms with E-state index in [1.165, 1.54) is 4.31 Å². The molecule has 0 rings (SSSR count). The van der Waals surface area contributed by atoms with Gasteiger partial charge in [0.15, 0.2) is 0 Å². The van der Waals surface area contributed by atoms with Gasteiger partial charge in [-0.3, -0.25) is 4.21 Å². The summed E-state index contributed by atoms with van der Waals surface area (Å²) in [5.41, 5.74) is 0. The Morgan fingerprint density at radius 3 is 1.91 bits per heavy atom. The highest BCUT2D eigenvalue weighted by Crippen LogP contribution is 2.08. The largest absolute Gasteiger partial charge is 0.760 e. The van der Waals surface area contributed by atoms with Crippen molar-refractivity contribution in [3.63, 3.8) is 0 Å². The van der Waals surface area contributed by atoms with Crippen molar-refractivity contribution in [1.29, 1.82) is 0 Å². The molecule has 0 saturated heterocycles. The third kappa shape index (κ3) is 3.31. The maximum atomic E-state index is 10.6. The standard InChI is InChI=1S/C7H17NO2S/c1-4-7(5-2)8(6-3)11(9)10/h7H,4-6H2,1-3H3,(H,9,10)/p-1. The van der Waals surface area contributed by atoms with E-state index >= 15 is 0 Å². The molecule has 0 heterocycles. The normalized spacial score (nSPS) is 14.4. The van der Waals surface area contributed by atoms with Crippen molar-refractivity contribution in [3.8, 4) is 0 Å². The molecule has 0 aromatic rings. The Labute approximate surface area is 71.2 Å². The van der Waals surface area contributed by atoms with E-state index in [0.29, 0.717) is 6.54 Å². The Kier molecular flexibility index (Phi) is 5.72. The first-order chi connectivity index (χ1) is 5.17. The SMILES string of the molecule is CCC(CC)N(CC)S(=O)[O-]. The van der Waals surface area contributed by atoms with Crippen LogP contribution < -0.4 is 0 Å². The van der Waals surface area contributed by atoms with Crippen LogP contribution in [0.25, 0.3) is 0 Å². The zero-order valence-corrected chi connectivity index (χ0v) is 8.19. The van der Waals surface area contributed by atoms with E-state index in [4.69, 9.17) is 0 Å². The summed E-state index contributed by atoms with van der Waals surface area (Å²) in [4.78, 5) is 0. The third-order valence-corrected chi connectivity index (χ3v) is 2.79. The van der Waals surface area contributed by atoms with Crippen LogP contribution >= 0.6 is 0 Å². The molecule has 0 N–H and O–H groups in total. The molecule has 1 atom stereocenters. The molecule has 0 aromatic carbocycles. The van der Waals surface area contributed by atoms with E-state index in [0.717, 1.165) is 12.8 Å². The summed E-state index contributed by atoms with van der Waals surface area (Å²) in [5, 5.41) is 0. The van der Waals surface area contributed by atoms with Gasteiger partial charge in [0, 0.05) is 23.9 Å². The van der Waals surface area contributed by atoms with Crippen LogP contribution in [0.1, 0.15) is 33.6 Å². The second-order valence-corrected chi connectivity index (χ2v) is 3.32. The van der Waals surface area contributed by atoms with Crippen molar-refractivity contribution in [3.05, 3.63) is 0 Å². The molecule has 0 aliphatic carbocycles. The number of hydrogen-bond donors (Lipinski definition) is 0. The lowest BCUT2D eigenvalue weighted by Gasteiger charge is -2.30. The van der Waals surface area contributed by atoms with Gasteiger partial charge < -0.3 is 4.55 Å². The summed E-state index contributed by atoms with van der Waals surface area (Å²) in [6.45, 7) is 6.43. The van der Waals surface area contributed by atoms with Crippen molar-refractivity contribution < 1.29 is 8.76 Å². The van der Waals surface area contributed by atoms with Crippen LogP contribution in [0.15, 0.2) is 0 Å². The molecular weight excluding hydrogens is 162 g/mol. The van der Waals surface area contributed by atoms with Crippen LogP contribution in [-0.4, -0.2) is 25.7 Å². The molecule has 11 heavy (non-hydrogen) atoms. The molecule has 0 aliphatic rings. The average molecular weight is 178 g/mol. The van der Waals surface area contributed by atoms with Gasteiger partial charge in [-0.1, -0.05) is 20.8 Å². The first kappa shape index (κ1) is 11.1. The molecule has 0 radical (unpaired) electrons. The number of rotatable bonds is 5. The Morgan fingerprint density at radius 1 is 1.36 bits per heavy atom. The van der Waals surface area contributed by atoms with Crippen LogP contribution in [0.4, 0.5) is 0 Å². The lowest BCUT2D eigenvalue weighted by atomic mass is 10.2. The monoisotopic (exact) mass is 178 g/mol. The highest BCUT2D eigenvalue weighted by atomic mass is 32.2. The first-order valence-corrected chi connectivity index (χ1v) is 5.06. The third-order valence-electron chi connectivity index (χ3n) is 1.85. The van der Waals surface area contributed by atoms with Crippen molar-refractivity contribution in [2.24, 2.45) is 0 Å². The molecule has 0 saturated carbocycles. The van der Waals surface area contributed by atoms with E-state index < -0.39 is 11.3 Å². The van der Waals surface area contributed by atoms with Gasteiger partial charge >= 0.3 is 0 Å². The van der Waals surface area contributed by atoms with Gasteiger partial charge in [0.1, 0.15) is 0 Å². The Hall–Kier alpha value is 0.0700. The summed E-state index contributed by atoms with van der Waals surface area (Å²) in [6.07, 6.45) is 1.77. The summed E-state index contributed by atoms with van der Waals surface area (Å²) in [5.74, 6) is 0. The molecule has 0 aliphatic heterocycles. The second kappa shape index (κ2) is 5.69. The zero-order valence-electron chi connectivity index (χ0n) is 7.37. The van der Waals surface area contributed by atoms with E-state index in [1.807, 2.05) is 20.8 Å². The molecule has 4 heteroatoms. The van der Waals surface area contributed by atoms with Crippen LogP contribution in [0, 0.1) is 0 Å². The fourth-order valence-electron chi connectivity index (χ4n) is 1.18. The first-order valence-electron chi connectivity index (χ1n) is 4.03. The number of nitrogens with zero attached hydrogens (tertiary/aromatic N) is 1. The molecule has 3 nitrogen and oxygen atoms in total. The lowest BCUT2D eigenvalue weighted by molar-refractivity contribution is 0.304. The maximum absolute atomic E-state index is 10.6. The van der Waals surface area contributed by atoms with Gasteiger partial charge in [0.05, 0.1) is 0 Å². The van der Waals surface area contributed by atoms with Gasteiger partial charge in [-0.2, -0.15) is 0 Å². The van der Waals surface area contributed by atoms with E-state index in [2.05, 4.69) is 0 Å². The minimum Gasteiger partial charge on any atom is -0.760 e. The molecule has 68 valence electrons. The minimum atomic E-state index is -2.05. The van der Waals surface area contributed by atoms with Gasteiger partial charge in [0.25, 0.3) is 0 Å². The molecule has 0 spiro atoms. The van der Waals surface area contributed by atoms with Crippen LogP contribution in [0.3, 0.4) is 0 Å². The molecule has 0 fully saturated rings. The summed E-state index contributed by atoms with van der Waals surface area (Å²) in [6, 6.07) is 0.179. The quantitative estimate of drug-likeness (QED) is 0.595. The summed E-state index contributed by atoms with van der Waals surface area (Å²) in [7, 11) is 0.